The second kappa shape index (κ2) is 9.73. The van der Waals surface area contributed by atoms with Crippen LogP contribution in [0.4, 0.5) is 10.1 Å². The summed E-state index contributed by atoms with van der Waals surface area (Å²) in [6, 6.07) is 10.3. The van der Waals surface area contributed by atoms with Crippen molar-refractivity contribution >= 4 is 69.0 Å². The van der Waals surface area contributed by atoms with Gasteiger partial charge in [0.05, 0.1) is 17.3 Å². The van der Waals surface area contributed by atoms with E-state index in [0.29, 0.717) is 11.3 Å². The van der Waals surface area contributed by atoms with Crippen LogP contribution in [0.25, 0.3) is 21.9 Å². The highest BCUT2D eigenvalue weighted by molar-refractivity contribution is 6.42. The Morgan fingerprint density at radius 3 is 2.29 bits per heavy atom. The van der Waals surface area contributed by atoms with Crippen molar-refractivity contribution in [2.75, 3.05) is 5.43 Å². The Kier molecular flexibility index (Phi) is 6.72. The molecule has 8 nitrogen and oxygen atoms in total. The third-order valence-corrected chi connectivity index (χ3v) is 5.39. The Labute approximate surface area is 206 Å². The van der Waals surface area contributed by atoms with Gasteiger partial charge in [0.15, 0.2) is 17.1 Å². The maximum atomic E-state index is 13.4. The van der Waals surface area contributed by atoms with E-state index in [9.17, 15) is 18.8 Å². The fraction of sp³-hybridized carbons (Fsp3) is 0.0833. The minimum atomic E-state index is -0.767. The smallest absolute Gasteiger partial charge is 0.308 e. The van der Waals surface area contributed by atoms with Crippen molar-refractivity contribution < 1.29 is 27.9 Å². The summed E-state index contributed by atoms with van der Waals surface area (Å²) in [6.45, 7) is 2.25. The Morgan fingerprint density at radius 1 is 0.971 bits per heavy atom. The molecule has 0 saturated heterocycles. The number of nitrogens with one attached hydrogen (secondary N) is 1. The molecular formula is C24H15Cl2FN2O6. The molecule has 0 spiro atoms. The Bertz CT molecular complexity index is 1580. The van der Waals surface area contributed by atoms with Gasteiger partial charge in [-0.25, -0.2) is 4.39 Å². The second-order valence-electron chi connectivity index (χ2n) is 7.21. The van der Waals surface area contributed by atoms with E-state index in [-0.39, 0.29) is 49.3 Å². The van der Waals surface area contributed by atoms with Crippen molar-refractivity contribution in [3.8, 4) is 11.5 Å². The molecule has 1 aromatic heterocycles. The predicted octanol–water partition coefficient (Wildman–Crippen LogP) is 5.69. The Morgan fingerprint density at radius 2 is 1.63 bits per heavy atom. The van der Waals surface area contributed by atoms with Crippen molar-refractivity contribution in [1.29, 1.82) is 0 Å². The lowest BCUT2D eigenvalue weighted by molar-refractivity contribution is -0.132. The number of ether oxygens (including phenoxy) is 2. The van der Waals surface area contributed by atoms with Crippen LogP contribution in [0.2, 0.25) is 10.0 Å². The van der Waals surface area contributed by atoms with E-state index in [0.717, 1.165) is 13.8 Å². The number of para-hydroxylation sites is 1. The standard InChI is InChI=1S/C24H15Cl2FN2O6/c1-11(30)33-22-17-20(32)16-5-3-4-13(10-28-29-15-8-6-14(27)7-9-15)21(16)35-23(17)19(26)24(18(22)25)34-12(2)31/h3-10,29H,1-2H3/b28-10+. The number of hydrogen-bond acceptors (Lipinski definition) is 8. The van der Waals surface area contributed by atoms with Crippen molar-refractivity contribution in [2.24, 2.45) is 5.10 Å². The van der Waals surface area contributed by atoms with Crippen LogP contribution in [-0.2, 0) is 9.59 Å². The molecule has 11 heteroatoms. The number of anilines is 1. The third kappa shape index (κ3) is 4.82. The fourth-order valence-corrected chi connectivity index (χ4v) is 3.87. The van der Waals surface area contributed by atoms with Gasteiger partial charge in [0.2, 0.25) is 5.43 Å². The summed E-state index contributed by atoms with van der Waals surface area (Å²) >= 11 is 12.7. The molecule has 3 aromatic carbocycles. The molecule has 1 heterocycles. The average molecular weight is 517 g/mol. The van der Waals surface area contributed by atoms with Crippen LogP contribution in [0.1, 0.15) is 19.4 Å². The van der Waals surface area contributed by atoms with E-state index >= 15 is 0 Å². The molecule has 1 N–H and O–H groups in total. The van der Waals surface area contributed by atoms with E-state index in [2.05, 4.69) is 10.5 Å². The lowest BCUT2D eigenvalue weighted by Crippen LogP contribution is -2.11. The van der Waals surface area contributed by atoms with Gasteiger partial charge in [0.1, 0.15) is 26.8 Å². The van der Waals surface area contributed by atoms with Gasteiger partial charge < -0.3 is 13.9 Å². The molecule has 4 rings (SSSR count). The molecule has 0 saturated carbocycles. The minimum absolute atomic E-state index is 0.112. The monoisotopic (exact) mass is 516 g/mol. The molecule has 0 aliphatic rings. The lowest BCUT2D eigenvalue weighted by Gasteiger charge is -2.14. The van der Waals surface area contributed by atoms with E-state index in [1.807, 2.05) is 0 Å². The molecule has 35 heavy (non-hydrogen) atoms. The summed E-state index contributed by atoms with van der Waals surface area (Å²) in [6.07, 6.45) is 1.39. The third-order valence-electron chi connectivity index (χ3n) is 4.71. The molecule has 0 unspecified atom stereocenters. The van der Waals surface area contributed by atoms with Crippen LogP contribution in [0.5, 0.6) is 11.5 Å². The summed E-state index contributed by atoms with van der Waals surface area (Å²) in [5.74, 6) is -2.57. The normalized spacial score (nSPS) is 11.2. The number of hydrogen-bond donors (Lipinski definition) is 1. The quantitative estimate of drug-likeness (QED) is 0.119. The van der Waals surface area contributed by atoms with Crippen LogP contribution in [0, 0.1) is 5.82 Å². The average Bonchev–Trinajstić information content (AvgIpc) is 2.81. The van der Waals surface area contributed by atoms with Gasteiger partial charge in [0, 0.05) is 19.4 Å². The molecule has 178 valence electrons. The van der Waals surface area contributed by atoms with E-state index in [4.69, 9.17) is 37.1 Å². The van der Waals surface area contributed by atoms with E-state index in [1.54, 1.807) is 12.1 Å². The number of hydrazone groups is 1. The molecule has 0 bridgehead atoms. The zero-order valence-corrected chi connectivity index (χ0v) is 19.7. The first-order valence-corrected chi connectivity index (χ1v) is 10.7. The highest BCUT2D eigenvalue weighted by atomic mass is 35.5. The number of rotatable bonds is 5. The molecule has 4 aromatic rings. The maximum Gasteiger partial charge on any atom is 0.308 e. The van der Waals surface area contributed by atoms with Crippen LogP contribution in [0.15, 0.2) is 56.8 Å². The van der Waals surface area contributed by atoms with Gasteiger partial charge in [-0.2, -0.15) is 5.10 Å². The van der Waals surface area contributed by atoms with Gasteiger partial charge in [-0.3, -0.25) is 19.8 Å². The van der Waals surface area contributed by atoms with Gasteiger partial charge in [-0.05, 0) is 36.4 Å². The fourth-order valence-electron chi connectivity index (χ4n) is 3.29. The van der Waals surface area contributed by atoms with Crippen LogP contribution in [-0.4, -0.2) is 18.2 Å². The van der Waals surface area contributed by atoms with Crippen molar-refractivity contribution in [3.05, 3.63) is 74.1 Å². The maximum absolute atomic E-state index is 13.4. The number of esters is 2. The molecule has 0 fully saturated rings. The Hall–Kier alpha value is -3.95. The molecule has 0 amide bonds. The minimum Gasteiger partial charge on any atom is -0.453 e. The number of carbonyl (C=O) groups is 2. The number of halogens is 3. The van der Waals surface area contributed by atoms with Gasteiger partial charge >= 0.3 is 11.9 Å². The lowest BCUT2D eigenvalue weighted by atomic mass is 10.1. The van der Waals surface area contributed by atoms with Crippen molar-refractivity contribution in [3.63, 3.8) is 0 Å². The van der Waals surface area contributed by atoms with Crippen LogP contribution < -0.4 is 20.3 Å². The number of carbonyl (C=O) groups excluding carboxylic acids is 2. The summed E-state index contributed by atoms with van der Waals surface area (Å²) in [5, 5.41) is 3.44. The van der Waals surface area contributed by atoms with Crippen LogP contribution >= 0.6 is 23.2 Å². The topological polar surface area (TPSA) is 107 Å². The molecule has 0 atom stereocenters. The van der Waals surface area contributed by atoms with Gasteiger partial charge in [-0.1, -0.05) is 29.3 Å². The molecule has 0 radical (unpaired) electrons. The number of nitrogens with zero attached hydrogens (tertiary/aromatic N) is 1. The predicted molar refractivity (Wildman–Crippen MR) is 130 cm³/mol. The number of fused-ring (bicyclic) bond motifs is 2. The highest BCUT2D eigenvalue weighted by Crippen LogP contribution is 2.47. The SMILES string of the molecule is CC(=O)Oc1c(Cl)c(OC(C)=O)c2c(=O)c3cccc(/C=N/Nc4ccc(F)cc4)c3oc2c1Cl. The summed E-state index contributed by atoms with van der Waals surface area (Å²) < 4.78 is 29.3. The number of benzene rings is 3. The van der Waals surface area contributed by atoms with Gasteiger partial charge in [0.25, 0.3) is 0 Å². The first-order valence-electron chi connectivity index (χ1n) is 9.99. The van der Waals surface area contributed by atoms with Crippen molar-refractivity contribution in [2.45, 2.75) is 13.8 Å². The first kappa shape index (κ1) is 24.2. The van der Waals surface area contributed by atoms with Crippen LogP contribution in [0.3, 0.4) is 0 Å². The second-order valence-corrected chi connectivity index (χ2v) is 7.97. The summed E-state index contributed by atoms with van der Waals surface area (Å²) in [7, 11) is 0. The van der Waals surface area contributed by atoms with Crippen molar-refractivity contribution in [1.82, 2.24) is 0 Å². The summed E-state index contributed by atoms with van der Waals surface area (Å²) in [5.41, 5.74) is 2.99. The zero-order valence-electron chi connectivity index (χ0n) is 18.1. The molecular weight excluding hydrogens is 502 g/mol. The highest BCUT2D eigenvalue weighted by Gasteiger charge is 2.27. The summed E-state index contributed by atoms with van der Waals surface area (Å²) in [4.78, 5) is 36.7. The Balaban J connectivity index is 1.94. The molecule has 0 aliphatic heterocycles. The largest absolute Gasteiger partial charge is 0.453 e. The first-order chi connectivity index (χ1) is 16.7. The van der Waals surface area contributed by atoms with Gasteiger partial charge in [-0.15, -0.1) is 0 Å². The molecule has 0 aliphatic carbocycles. The van der Waals surface area contributed by atoms with E-state index < -0.39 is 17.4 Å². The zero-order chi connectivity index (χ0) is 25.3. The van der Waals surface area contributed by atoms with E-state index in [1.165, 1.54) is 36.5 Å².